The number of hydrogen-bond acceptors (Lipinski definition) is 1. The highest BCUT2D eigenvalue weighted by molar-refractivity contribution is 6.31. The van der Waals surface area contributed by atoms with E-state index >= 15 is 0 Å². The fourth-order valence-corrected chi connectivity index (χ4v) is 3.65. The first kappa shape index (κ1) is 16.5. The Bertz CT molecular complexity index is 927. The Labute approximate surface area is 156 Å². The minimum Gasteiger partial charge on any atom is -0.361 e. The van der Waals surface area contributed by atoms with Gasteiger partial charge in [-0.15, -0.1) is 0 Å². The van der Waals surface area contributed by atoms with E-state index in [1.807, 2.05) is 36.4 Å². The molecule has 0 radical (unpaired) electrons. The van der Waals surface area contributed by atoms with Gasteiger partial charge < -0.3 is 10.3 Å². The van der Waals surface area contributed by atoms with Crippen LogP contribution in [-0.2, 0) is 16.6 Å². The van der Waals surface area contributed by atoms with Crippen LogP contribution in [0, 0.1) is 0 Å². The number of carbonyl (C=O) groups is 1. The summed E-state index contributed by atoms with van der Waals surface area (Å²) in [7, 11) is 0. The maximum absolute atomic E-state index is 12.3. The van der Waals surface area contributed by atoms with Crippen molar-refractivity contribution in [1.82, 2.24) is 10.3 Å². The van der Waals surface area contributed by atoms with Crippen molar-refractivity contribution in [2.45, 2.75) is 24.7 Å². The molecule has 0 spiro atoms. The number of carbonyl (C=O) groups excluding carboxylic acids is 1. The Morgan fingerprint density at radius 1 is 1.08 bits per heavy atom. The summed E-state index contributed by atoms with van der Waals surface area (Å²) in [6, 6.07) is 13.3. The third-order valence-corrected chi connectivity index (χ3v) is 5.46. The Hall–Kier alpha value is -1.97. The van der Waals surface area contributed by atoms with Crippen LogP contribution in [0.5, 0.6) is 0 Å². The molecule has 1 amide bonds. The van der Waals surface area contributed by atoms with E-state index in [4.69, 9.17) is 23.2 Å². The molecule has 3 aromatic rings. The third-order valence-electron chi connectivity index (χ3n) is 4.97. The molecule has 0 saturated heterocycles. The van der Waals surface area contributed by atoms with Crippen molar-refractivity contribution in [1.29, 1.82) is 0 Å². The molecule has 0 atom stereocenters. The van der Waals surface area contributed by atoms with Crippen LogP contribution in [0.1, 0.15) is 24.0 Å². The number of H-pyrrole nitrogens is 1. The monoisotopic (exact) mass is 372 g/mol. The number of rotatable bonds is 5. The second kappa shape index (κ2) is 6.40. The molecular formula is C20H18Cl2N2O. The van der Waals surface area contributed by atoms with Crippen LogP contribution in [0.2, 0.25) is 10.0 Å². The van der Waals surface area contributed by atoms with Gasteiger partial charge in [0.25, 0.3) is 0 Å². The first-order chi connectivity index (χ1) is 12.1. The van der Waals surface area contributed by atoms with Crippen LogP contribution in [0.15, 0.2) is 48.7 Å². The van der Waals surface area contributed by atoms with Crippen molar-refractivity contribution in [3.63, 3.8) is 0 Å². The quantitative estimate of drug-likeness (QED) is 0.659. The number of hydrogen-bond donors (Lipinski definition) is 2. The van der Waals surface area contributed by atoms with Gasteiger partial charge in [-0.3, -0.25) is 4.79 Å². The number of amides is 1. The molecular weight excluding hydrogens is 355 g/mol. The number of aromatic nitrogens is 1. The SMILES string of the molecule is O=C(Cc1ccc(Cl)cc1)NCC1(c2c[nH]c3cc(Cl)ccc23)CC1. The molecule has 25 heavy (non-hydrogen) atoms. The minimum absolute atomic E-state index is 0.0384. The molecule has 2 aromatic carbocycles. The fraction of sp³-hybridized carbons (Fsp3) is 0.250. The Kier molecular flexibility index (Phi) is 4.22. The summed E-state index contributed by atoms with van der Waals surface area (Å²) in [4.78, 5) is 15.6. The lowest BCUT2D eigenvalue weighted by atomic mass is 9.95. The van der Waals surface area contributed by atoms with Crippen LogP contribution in [-0.4, -0.2) is 17.4 Å². The summed E-state index contributed by atoms with van der Waals surface area (Å²) < 4.78 is 0. The summed E-state index contributed by atoms with van der Waals surface area (Å²) in [6.45, 7) is 0.662. The average Bonchev–Trinajstić information content (AvgIpc) is 3.27. The second-order valence-electron chi connectivity index (χ2n) is 6.75. The van der Waals surface area contributed by atoms with Crippen LogP contribution in [0.25, 0.3) is 10.9 Å². The standard InChI is InChI=1S/C20H18Cl2N2O/c21-14-3-1-13(2-4-14)9-19(25)24-12-20(7-8-20)17-11-23-18-10-15(22)5-6-16(17)18/h1-6,10-11,23H,7-9,12H2,(H,24,25). The normalized spacial score (nSPS) is 15.3. The van der Waals surface area contributed by atoms with E-state index < -0.39 is 0 Å². The highest BCUT2D eigenvalue weighted by Crippen LogP contribution is 2.50. The number of benzene rings is 2. The second-order valence-corrected chi connectivity index (χ2v) is 7.63. The molecule has 2 N–H and O–H groups in total. The maximum atomic E-state index is 12.3. The van der Waals surface area contributed by atoms with Gasteiger partial charge in [0, 0.05) is 39.1 Å². The highest BCUT2D eigenvalue weighted by atomic mass is 35.5. The van der Waals surface area contributed by atoms with Crippen molar-refractivity contribution in [3.05, 3.63) is 69.8 Å². The van der Waals surface area contributed by atoms with Crippen molar-refractivity contribution < 1.29 is 4.79 Å². The van der Waals surface area contributed by atoms with E-state index in [0.717, 1.165) is 28.9 Å². The zero-order valence-electron chi connectivity index (χ0n) is 13.6. The van der Waals surface area contributed by atoms with Crippen LogP contribution < -0.4 is 5.32 Å². The zero-order chi connectivity index (χ0) is 17.4. The van der Waals surface area contributed by atoms with Crippen LogP contribution in [0.4, 0.5) is 0 Å². The Balaban J connectivity index is 1.44. The summed E-state index contributed by atoms with van der Waals surface area (Å²) >= 11 is 11.9. The largest absolute Gasteiger partial charge is 0.361 e. The molecule has 1 saturated carbocycles. The summed E-state index contributed by atoms with van der Waals surface area (Å²) in [5.41, 5.74) is 3.32. The van der Waals surface area contributed by atoms with Crippen molar-refractivity contribution in [3.8, 4) is 0 Å². The average molecular weight is 373 g/mol. The lowest BCUT2D eigenvalue weighted by molar-refractivity contribution is -0.120. The molecule has 1 heterocycles. The van der Waals surface area contributed by atoms with E-state index in [2.05, 4.69) is 22.6 Å². The van der Waals surface area contributed by atoms with Gasteiger partial charge in [-0.05, 0) is 48.2 Å². The smallest absolute Gasteiger partial charge is 0.224 e. The van der Waals surface area contributed by atoms with Crippen LogP contribution >= 0.6 is 23.2 Å². The zero-order valence-corrected chi connectivity index (χ0v) is 15.1. The maximum Gasteiger partial charge on any atom is 0.224 e. The highest BCUT2D eigenvalue weighted by Gasteiger charge is 2.45. The van der Waals surface area contributed by atoms with Gasteiger partial charge in [-0.1, -0.05) is 41.4 Å². The Morgan fingerprint density at radius 2 is 1.80 bits per heavy atom. The minimum atomic E-state index is 0.0384. The molecule has 4 rings (SSSR count). The van der Waals surface area contributed by atoms with Gasteiger partial charge in [0.1, 0.15) is 0 Å². The predicted molar refractivity (Wildman–Crippen MR) is 102 cm³/mol. The van der Waals surface area contributed by atoms with Gasteiger partial charge in [0.2, 0.25) is 5.91 Å². The third kappa shape index (κ3) is 3.39. The molecule has 3 nitrogen and oxygen atoms in total. The van der Waals surface area contributed by atoms with E-state index in [0.29, 0.717) is 18.0 Å². The molecule has 128 valence electrons. The topological polar surface area (TPSA) is 44.9 Å². The first-order valence-electron chi connectivity index (χ1n) is 8.34. The van der Waals surface area contributed by atoms with E-state index in [1.54, 1.807) is 0 Å². The molecule has 1 fully saturated rings. The number of fused-ring (bicyclic) bond motifs is 1. The number of halogens is 2. The van der Waals surface area contributed by atoms with Crippen molar-refractivity contribution in [2.24, 2.45) is 0 Å². The summed E-state index contributed by atoms with van der Waals surface area (Å²) in [5, 5.41) is 5.69. The molecule has 0 aliphatic heterocycles. The van der Waals surface area contributed by atoms with Gasteiger partial charge in [-0.2, -0.15) is 0 Å². The van der Waals surface area contributed by atoms with Gasteiger partial charge in [0.15, 0.2) is 0 Å². The van der Waals surface area contributed by atoms with E-state index in [-0.39, 0.29) is 11.3 Å². The molecule has 1 aliphatic rings. The van der Waals surface area contributed by atoms with Crippen molar-refractivity contribution in [2.75, 3.05) is 6.54 Å². The first-order valence-corrected chi connectivity index (χ1v) is 9.10. The van der Waals surface area contributed by atoms with Gasteiger partial charge in [0.05, 0.1) is 6.42 Å². The molecule has 5 heteroatoms. The summed E-state index contributed by atoms with van der Waals surface area (Å²) in [5.74, 6) is 0.0384. The number of nitrogens with one attached hydrogen (secondary N) is 2. The van der Waals surface area contributed by atoms with E-state index in [1.165, 1.54) is 10.9 Å². The lowest BCUT2D eigenvalue weighted by Gasteiger charge is -2.16. The van der Waals surface area contributed by atoms with Crippen LogP contribution in [0.3, 0.4) is 0 Å². The van der Waals surface area contributed by atoms with E-state index in [9.17, 15) is 4.79 Å². The van der Waals surface area contributed by atoms with Crippen molar-refractivity contribution >= 4 is 40.0 Å². The van der Waals surface area contributed by atoms with Gasteiger partial charge in [-0.25, -0.2) is 0 Å². The molecule has 1 aliphatic carbocycles. The molecule has 1 aromatic heterocycles. The molecule has 0 unspecified atom stereocenters. The number of aromatic amines is 1. The molecule has 0 bridgehead atoms. The summed E-state index contributed by atoms with van der Waals surface area (Å²) in [6.07, 6.45) is 4.60. The predicted octanol–water partition coefficient (Wildman–Crippen LogP) is 4.87. The van der Waals surface area contributed by atoms with Gasteiger partial charge >= 0.3 is 0 Å². The Morgan fingerprint density at radius 3 is 2.52 bits per heavy atom. The lowest BCUT2D eigenvalue weighted by Crippen LogP contribution is -2.33. The fourth-order valence-electron chi connectivity index (χ4n) is 3.35.